The Kier molecular flexibility index (Phi) is 4.38. The van der Waals surface area contributed by atoms with Crippen molar-refractivity contribution in [3.05, 3.63) is 16.1 Å². The highest BCUT2D eigenvalue weighted by molar-refractivity contribution is 7.09. The lowest BCUT2D eigenvalue weighted by Crippen LogP contribution is -2.18. The number of hydrogen-bond acceptors (Lipinski definition) is 3. The fraction of sp³-hybridized carbons (Fsp3) is 0.714. The average Bonchev–Trinajstić information content (AvgIpc) is 2.78. The van der Waals surface area contributed by atoms with Crippen molar-refractivity contribution in [2.45, 2.75) is 57.8 Å². The maximum atomic E-state index is 11.3. The Balaban J connectivity index is 2.15. The molecule has 1 aliphatic carbocycles. The second-order valence-electron chi connectivity index (χ2n) is 5.51. The molecule has 1 saturated carbocycles. The van der Waals surface area contributed by atoms with Crippen molar-refractivity contribution in [1.82, 2.24) is 4.98 Å². The lowest BCUT2D eigenvalue weighted by Gasteiger charge is -2.19. The van der Waals surface area contributed by atoms with Gasteiger partial charge in [0.2, 0.25) is 0 Å². The van der Waals surface area contributed by atoms with Crippen LogP contribution < -0.4 is 0 Å². The molecular formula is C14H21NO2S. The lowest BCUT2D eigenvalue weighted by molar-refractivity contribution is -0.139. The zero-order valence-electron chi connectivity index (χ0n) is 11.1. The smallest absolute Gasteiger partial charge is 0.312 e. The van der Waals surface area contributed by atoms with Crippen molar-refractivity contribution in [3.8, 4) is 0 Å². The van der Waals surface area contributed by atoms with E-state index in [0.29, 0.717) is 5.92 Å². The third kappa shape index (κ3) is 2.91. The van der Waals surface area contributed by atoms with Gasteiger partial charge in [-0.15, -0.1) is 11.3 Å². The van der Waals surface area contributed by atoms with Crippen LogP contribution in [0.25, 0.3) is 0 Å². The van der Waals surface area contributed by atoms with Crippen LogP contribution >= 0.6 is 11.3 Å². The Morgan fingerprint density at radius 2 is 2.06 bits per heavy atom. The summed E-state index contributed by atoms with van der Waals surface area (Å²) in [4.78, 5) is 15.9. The maximum Gasteiger partial charge on any atom is 0.312 e. The Hall–Kier alpha value is -0.900. The van der Waals surface area contributed by atoms with E-state index in [0.717, 1.165) is 10.7 Å². The summed E-state index contributed by atoms with van der Waals surface area (Å²) >= 11 is 1.64. The Morgan fingerprint density at radius 1 is 1.39 bits per heavy atom. The first-order valence-electron chi connectivity index (χ1n) is 6.77. The number of rotatable bonds is 4. The molecule has 18 heavy (non-hydrogen) atoms. The minimum atomic E-state index is -0.759. The standard InChI is InChI=1S/C14H21NO2S/c1-9(2)12(14(16)17)11-8-18-13(15-11)10-6-4-3-5-7-10/h8-10,12H,3-7H2,1-2H3,(H,16,17). The van der Waals surface area contributed by atoms with E-state index in [1.54, 1.807) is 11.3 Å². The summed E-state index contributed by atoms with van der Waals surface area (Å²) in [6, 6.07) is 0. The first-order valence-corrected chi connectivity index (χ1v) is 7.65. The van der Waals surface area contributed by atoms with Gasteiger partial charge in [0.1, 0.15) is 5.92 Å². The second kappa shape index (κ2) is 5.83. The van der Waals surface area contributed by atoms with E-state index < -0.39 is 11.9 Å². The van der Waals surface area contributed by atoms with Crippen molar-refractivity contribution < 1.29 is 9.90 Å². The number of thiazole rings is 1. The van der Waals surface area contributed by atoms with Crippen LogP contribution in [0.4, 0.5) is 0 Å². The summed E-state index contributed by atoms with van der Waals surface area (Å²) in [7, 11) is 0. The van der Waals surface area contributed by atoms with Gasteiger partial charge in [0, 0.05) is 11.3 Å². The fourth-order valence-corrected chi connectivity index (χ4v) is 3.76. The first-order chi connectivity index (χ1) is 8.59. The molecular weight excluding hydrogens is 246 g/mol. The minimum Gasteiger partial charge on any atom is -0.481 e. The molecule has 0 spiro atoms. The van der Waals surface area contributed by atoms with Crippen LogP contribution in [0.5, 0.6) is 0 Å². The Labute approximate surface area is 112 Å². The molecule has 1 N–H and O–H groups in total. The lowest BCUT2D eigenvalue weighted by atomic mass is 9.89. The zero-order chi connectivity index (χ0) is 13.1. The van der Waals surface area contributed by atoms with Gasteiger partial charge >= 0.3 is 5.97 Å². The molecule has 0 amide bonds. The molecule has 0 saturated heterocycles. The minimum absolute atomic E-state index is 0.0869. The van der Waals surface area contributed by atoms with Gasteiger partial charge in [-0.3, -0.25) is 4.79 Å². The molecule has 1 unspecified atom stereocenters. The van der Waals surface area contributed by atoms with Crippen molar-refractivity contribution in [1.29, 1.82) is 0 Å². The highest BCUT2D eigenvalue weighted by atomic mass is 32.1. The summed E-state index contributed by atoms with van der Waals surface area (Å²) in [5, 5.41) is 12.4. The summed E-state index contributed by atoms with van der Waals surface area (Å²) in [6.07, 6.45) is 6.33. The van der Waals surface area contributed by atoms with Crippen LogP contribution in [0.1, 0.15) is 68.5 Å². The number of hydrogen-bond donors (Lipinski definition) is 1. The first kappa shape index (κ1) is 13.5. The molecule has 1 aliphatic rings. The van der Waals surface area contributed by atoms with E-state index >= 15 is 0 Å². The molecule has 1 aromatic heterocycles. The third-order valence-corrected chi connectivity index (χ3v) is 4.77. The van der Waals surface area contributed by atoms with Gasteiger partial charge in [-0.05, 0) is 18.8 Å². The summed E-state index contributed by atoms with van der Waals surface area (Å²) in [6.45, 7) is 3.89. The van der Waals surface area contributed by atoms with Crippen molar-refractivity contribution >= 4 is 17.3 Å². The number of carboxylic acids is 1. The molecule has 3 nitrogen and oxygen atoms in total. The number of aliphatic carboxylic acids is 1. The summed E-state index contributed by atoms with van der Waals surface area (Å²) in [5.41, 5.74) is 0.753. The van der Waals surface area contributed by atoms with Crippen LogP contribution in [0.3, 0.4) is 0 Å². The van der Waals surface area contributed by atoms with E-state index in [1.165, 1.54) is 32.1 Å². The zero-order valence-corrected chi connectivity index (χ0v) is 11.9. The van der Waals surface area contributed by atoms with E-state index in [2.05, 4.69) is 4.98 Å². The van der Waals surface area contributed by atoms with Gasteiger partial charge in [0.05, 0.1) is 10.7 Å². The normalized spacial score (nSPS) is 19.1. The predicted molar refractivity (Wildman–Crippen MR) is 73.2 cm³/mol. The molecule has 0 radical (unpaired) electrons. The van der Waals surface area contributed by atoms with Crippen LogP contribution in [0.2, 0.25) is 0 Å². The molecule has 0 aromatic carbocycles. The van der Waals surface area contributed by atoms with Gasteiger partial charge in [-0.1, -0.05) is 33.1 Å². The number of carbonyl (C=O) groups is 1. The van der Waals surface area contributed by atoms with Gasteiger partial charge in [0.25, 0.3) is 0 Å². The molecule has 4 heteroatoms. The fourth-order valence-electron chi connectivity index (χ4n) is 2.73. The van der Waals surface area contributed by atoms with Gasteiger partial charge < -0.3 is 5.11 Å². The molecule has 100 valence electrons. The topological polar surface area (TPSA) is 50.2 Å². The molecule has 1 aromatic rings. The monoisotopic (exact) mass is 267 g/mol. The van der Waals surface area contributed by atoms with Crippen LogP contribution in [-0.2, 0) is 4.79 Å². The van der Waals surface area contributed by atoms with E-state index in [9.17, 15) is 9.90 Å². The molecule has 1 heterocycles. The summed E-state index contributed by atoms with van der Waals surface area (Å²) in [5.74, 6) is -0.563. The molecule has 2 rings (SSSR count). The molecule has 1 fully saturated rings. The Morgan fingerprint density at radius 3 is 2.61 bits per heavy atom. The average molecular weight is 267 g/mol. The van der Waals surface area contributed by atoms with Crippen LogP contribution in [0.15, 0.2) is 5.38 Å². The number of nitrogens with zero attached hydrogens (tertiary/aromatic N) is 1. The van der Waals surface area contributed by atoms with E-state index in [1.807, 2.05) is 19.2 Å². The highest BCUT2D eigenvalue weighted by Crippen LogP contribution is 2.36. The molecule has 0 aliphatic heterocycles. The van der Waals surface area contributed by atoms with Crippen LogP contribution in [-0.4, -0.2) is 16.1 Å². The SMILES string of the molecule is CC(C)C(C(=O)O)c1csc(C2CCCCC2)n1. The van der Waals surface area contributed by atoms with Crippen LogP contribution in [0, 0.1) is 5.92 Å². The van der Waals surface area contributed by atoms with E-state index in [4.69, 9.17) is 0 Å². The Bertz CT molecular complexity index is 408. The number of carboxylic acid groups (broad SMARTS) is 1. The maximum absolute atomic E-state index is 11.3. The van der Waals surface area contributed by atoms with Gasteiger partial charge in [-0.2, -0.15) is 0 Å². The van der Waals surface area contributed by atoms with Crippen molar-refractivity contribution in [2.75, 3.05) is 0 Å². The van der Waals surface area contributed by atoms with Gasteiger partial charge in [-0.25, -0.2) is 4.98 Å². The molecule has 1 atom stereocenters. The summed E-state index contributed by atoms with van der Waals surface area (Å²) < 4.78 is 0. The van der Waals surface area contributed by atoms with Crippen molar-refractivity contribution in [3.63, 3.8) is 0 Å². The van der Waals surface area contributed by atoms with Gasteiger partial charge in [0.15, 0.2) is 0 Å². The number of aromatic nitrogens is 1. The quantitative estimate of drug-likeness (QED) is 0.896. The van der Waals surface area contributed by atoms with E-state index in [-0.39, 0.29) is 5.92 Å². The predicted octanol–water partition coefficient (Wildman–Crippen LogP) is 4.02. The largest absolute Gasteiger partial charge is 0.481 e. The second-order valence-corrected chi connectivity index (χ2v) is 6.40. The third-order valence-electron chi connectivity index (χ3n) is 3.75. The molecule has 0 bridgehead atoms. The highest BCUT2D eigenvalue weighted by Gasteiger charge is 2.27. The van der Waals surface area contributed by atoms with Crippen molar-refractivity contribution in [2.24, 2.45) is 5.92 Å².